The molecule has 0 aromatic heterocycles. The zero-order valence-corrected chi connectivity index (χ0v) is 14.1. The van der Waals surface area contributed by atoms with Crippen LogP contribution in [0.5, 0.6) is 0 Å². The average Bonchev–Trinajstić information content (AvgIpc) is 2.39. The lowest BCUT2D eigenvalue weighted by Gasteiger charge is -2.06. The van der Waals surface area contributed by atoms with Gasteiger partial charge in [0, 0.05) is 10.1 Å². The largest absolute Gasteiger partial charge is 0.345 e. The Morgan fingerprint density at radius 2 is 1.90 bits per heavy atom. The summed E-state index contributed by atoms with van der Waals surface area (Å²) in [6.45, 7) is 5.46. The van der Waals surface area contributed by atoms with E-state index in [4.69, 9.17) is 0 Å². The van der Waals surface area contributed by atoms with Gasteiger partial charge in [0.05, 0.1) is 19.5 Å². The van der Waals surface area contributed by atoms with Gasteiger partial charge in [0.2, 0.25) is 5.91 Å². The van der Waals surface area contributed by atoms with Crippen molar-refractivity contribution in [3.8, 4) is 11.8 Å². The van der Waals surface area contributed by atoms with E-state index in [2.05, 4.69) is 43.1 Å². The molecule has 0 bridgehead atoms. The van der Waals surface area contributed by atoms with E-state index in [1.54, 1.807) is 0 Å². The topological polar surface area (TPSA) is 32.3 Å². The number of benzene rings is 1. The molecule has 4 heteroatoms. The van der Waals surface area contributed by atoms with Crippen LogP contribution in [0.3, 0.4) is 0 Å². The molecule has 3 nitrogen and oxygen atoms in total. The molecule has 0 aliphatic heterocycles. The Bertz CT molecular complexity index is 498. The first-order chi connectivity index (χ1) is 9.97. The lowest BCUT2D eigenvalue weighted by atomic mass is 10.1. The average molecular weight is 304 g/mol. The minimum atomic E-state index is 0.0124. The zero-order valence-electron chi connectivity index (χ0n) is 13.3. The van der Waals surface area contributed by atoms with E-state index in [9.17, 15) is 4.79 Å². The van der Waals surface area contributed by atoms with Crippen molar-refractivity contribution in [1.82, 2.24) is 10.2 Å². The van der Waals surface area contributed by atoms with Crippen LogP contribution >= 0.6 is 11.8 Å². The standard InChI is InChI=1S/C17H24N2OS/c1-14(2)21-16-9-7-15(8-10-16)13-17(20)18-11-5-6-12-19(3)4/h7-10,14H,11-13H2,1-4H3,(H,18,20). The van der Waals surface area contributed by atoms with Gasteiger partial charge in [-0.2, -0.15) is 0 Å². The Hall–Kier alpha value is -1.44. The summed E-state index contributed by atoms with van der Waals surface area (Å²) in [5.74, 6) is 5.94. The highest BCUT2D eigenvalue weighted by molar-refractivity contribution is 7.99. The Kier molecular flexibility index (Phi) is 7.96. The van der Waals surface area contributed by atoms with Crippen LogP contribution in [-0.4, -0.2) is 43.2 Å². The molecule has 0 atom stereocenters. The van der Waals surface area contributed by atoms with Gasteiger partial charge in [-0.1, -0.05) is 37.8 Å². The fourth-order valence-corrected chi connectivity index (χ4v) is 2.46. The van der Waals surface area contributed by atoms with Crippen LogP contribution in [0.15, 0.2) is 29.2 Å². The Morgan fingerprint density at radius 3 is 2.48 bits per heavy atom. The molecule has 1 aromatic rings. The second kappa shape index (κ2) is 9.49. The molecule has 0 saturated heterocycles. The molecule has 1 N–H and O–H groups in total. The van der Waals surface area contributed by atoms with Crippen LogP contribution in [0.4, 0.5) is 0 Å². The first kappa shape index (κ1) is 17.6. The van der Waals surface area contributed by atoms with E-state index in [-0.39, 0.29) is 5.91 Å². The van der Waals surface area contributed by atoms with Gasteiger partial charge in [0.1, 0.15) is 0 Å². The third-order valence-electron chi connectivity index (χ3n) is 2.55. The zero-order chi connectivity index (χ0) is 15.7. The maximum atomic E-state index is 11.8. The highest BCUT2D eigenvalue weighted by Crippen LogP contribution is 2.22. The number of hydrogen-bond donors (Lipinski definition) is 1. The molecule has 0 unspecified atom stereocenters. The van der Waals surface area contributed by atoms with Gasteiger partial charge < -0.3 is 5.32 Å². The summed E-state index contributed by atoms with van der Waals surface area (Å²) in [6.07, 6.45) is 0.405. The second-order valence-corrected chi connectivity index (χ2v) is 7.01. The predicted octanol–water partition coefficient (Wildman–Crippen LogP) is 2.41. The number of rotatable bonds is 6. The van der Waals surface area contributed by atoms with E-state index in [1.807, 2.05) is 42.9 Å². The van der Waals surface area contributed by atoms with Crippen LogP contribution in [0.2, 0.25) is 0 Å². The monoisotopic (exact) mass is 304 g/mol. The third-order valence-corrected chi connectivity index (χ3v) is 3.57. The van der Waals surface area contributed by atoms with Crippen LogP contribution in [0.1, 0.15) is 19.4 Å². The van der Waals surface area contributed by atoms with Crippen LogP contribution in [-0.2, 0) is 11.2 Å². The summed E-state index contributed by atoms with van der Waals surface area (Å²) in [6, 6.07) is 8.18. The van der Waals surface area contributed by atoms with Crippen molar-refractivity contribution < 1.29 is 4.79 Å². The van der Waals surface area contributed by atoms with Gasteiger partial charge in [-0.25, -0.2) is 0 Å². The lowest BCUT2D eigenvalue weighted by Crippen LogP contribution is -2.25. The Labute approximate surface area is 132 Å². The van der Waals surface area contributed by atoms with Gasteiger partial charge >= 0.3 is 0 Å². The highest BCUT2D eigenvalue weighted by atomic mass is 32.2. The molecule has 0 spiro atoms. The molecule has 0 fully saturated rings. The van der Waals surface area contributed by atoms with Crippen LogP contribution in [0, 0.1) is 11.8 Å². The summed E-state index contributed by atoms with van der Waals surface area (Å²) >= 11 is 1.82. The summed E-state index contributed by atoms with van der Waals surface area (Å²) in [5.41, 5.74) is 1.03. The molecule has 0 radical (unpaired) electrons. The number of thioether (sulfide) groups is 1. The number of nitrogens with zero attached hydrogens (tertiary/aromatic N) is 1. The van der Waals surface area contributed by atoms with Crippen molar-refractivity contribution in [3.05, 3.63) is 29.8 Å². The first-order valence-electron chi connectivity index (χ1n) is 7.10. The van der Waals surface area contributed by atoms with Crippen molar-refractivity contribution >= 4 is 17.7 Å². The first-order valence-corrected chi connectivity index (χ1v) is 7.98. The maximum Gasteiger partial charge on any atom is 0.225 e. The quantitative estimate of drug-likeness (QED) is 0.647. The van der Waals surface area contributed by atoms with Crippen molar-refractivity contribution in [3.63, 3.8) is 0 Å². The number of hydrogen-bond acceptors (Lipinski definition) is 3. The second-order valence-electron chi connectivity index (χ2n) is 5.36. The van der Waals surface area contributed by atoms with Crippen molar-refractivity contribution in [1.29, 1.82) is 0 Å². The highest BCUT2D eigenvalue weighted by Gasteiger charge is 2.03. The van der Waals surface area contributed by atoms with Crippen molar-refractivity contribution in [2.75, 3.05) is 27.2 Å². The molecular weight excluding hydrogens is 280 g/mol. The van der Waals surface area contributed by atoms with Gasteiger partial charge in [-0.15, -0.1) is 11.8 Å². The van der Waals surface area contributed by atoms with E-state index < -0.39 is 0 Å². The maximum absolute atomic E-state index is 11.8. The molecule has 0 aliphatic rings. The molecule has 114 valence electrons. The smallest absolute Gasteiger partial charge is 0.225 e. The van der Waals surface area contributed by atoms with Gasteiger partial charge in [-0.05, 0) is 31.8 Å². The summed E-state index contributed by atoms with van der Waals surface area (Å²) in [7, 11) is 3.93. The molecular formula is C17H24N2OS. The van der Waals surface area contributed by atoms with E-state index in [0.717, 1.165) is 5.56 Å². The van der Waals surface area contributed by atoms with Crippen molar-refractivity contribution in [2.24, 2.45) is 0 Å². The van der Waals surface area contributed by atoms with Gasteiger partial charge in [0.25, 0.3) is 0 Å². The summed E-state index contributed by atoms with van der Waals surface area (Å²) in [4.78, 5) is 15.0. The Morgan fingerprint density at radius 1 is 1.24 bits per heavy atom. The molecule has 21 heavy (non-hydrogen) atoms. The number of carbonyl (C=O) groups excluding carboxylic acids is 1. The van der Waals surface area contributed by atoms with Crippen LogP contribution < -0.4 is 5.32 Å². The fraction of sp³-hybridized carbons (Fsp3) is 0.471. The Balaban J connectivity index is 2.35. The van der Waals surface area contributed by atoms with E-state index >= 15 is 0 Å². The molecule has 0 saturated carbocycles. The predicted molar refractivity (Wildman–Crippen MR) is 90.5 cm³/mol. The molecule has 1 amide bonds. The van der Waals surface area contributed by atoms with Gasteiger partial charge in [0.15, 0.2) is 0 Å². The van der Waals surface area contributed by atoms with Crippen LogP contribution in [0.25, 0.3) is 0 Å². The van der Waals surface area contributed by atoms with E-state index in [1.165, 1.54) is 4.90 Å². The summed E-state index contributed by atoms with van der Waals surface area (Å²) in [5, 5.41) is 3.38. The minimum absolute atomic E-state index is 0.0124. The summed E-state index contributed by atoms with van der Waals surface area (Å²) < 4.78 is 0. The molecule has 1 rings (SSSR count). The van der Waals surface area contributed by atoms with Gasteiger partial charge in [-0.3, -0.25) is 9.69 Å². The minimum Gasteiger partial charge on any atom is -0.345 e. The third kappa shape index (κ3) is 8.44. The van der Waals surface area contributed by atoms with E-state index in [0.29, 0.717) is 24.8 Å². The molecule has 0 heterocycles. The molecule has 1 aromatic carbocycles. The number of nitrogens with one attached hydrogen (secondary N) is 1. The fourth-order valence-electron chi connectivity index (χ4n) is 1.63. The number of carbonyl (C=O) groups is 1. The van der Waals surface area contributed by atoms with Crippen molar-refractivity contribution in [2.45, 2.75) is 30.4 Å². The SMILES string of the molecule is CC(C)Sc1ccc(CC(=O)NCC#CCN(C)C)cc1. The number of amides is 1. The molecule has 0 aliphatic carbocycles. The lowest BCUT2D eigenvalue weighted by molar-refractivity contribution is -0.120. The normalized spacial score (nSPS) is 10.4.